The number of piperidine rings is 1. The molecule has 0 radical (unpaired) electrons. The van der Waals surface area contributed by atoms with Gasteiger partial charge in [0.1, 0.15) is 5.76 Å². The van der Waals surface area contributed by atoms with Crippen molar-refractivity contribution >= 4 is 5.95 Å². The molecule has 0 unspecified atom stereocenters. The fraction of sp³-hybridized carbons (Fsp3) is 0.688. The number of hydrogen-bond donors (Lipinski definition) is 0. The number of aromatic nitrogens is 4. The molecular weight excluding hydrogens is 310 g/mol. The first kappa shape index (κ1) is 15.6. The van der Waals surface area contributed by atoms with E-state index in [-0.39, 0.29) is 0 Å². The van der Waals surface area contributed by atoms with Crippen molar-refractivity contribution in [3.05, 3.63) is 24.2 Å². The van der Waals surface area contributed by atoms with E-state index >= 15 is 0 Å². The highest BCUT2D eigenvalue weighted by Gasteiger charge is 2.42. The Morgan fingerprint density at radius 1 is 1.33 bits per heavy atom. The number of tetrazole rings is 1. The van der Waals surface area contributed by atoms with E-state index in [4.69, 9.17) is 13.9 Å². The van der Waals surface area contributed by atoms with Crippen molar-refractivity contribution in [2.75, 3.05) is 31.2 Å². The molecule has 8 nitrogen and oxygen atoms in total. The minimum atomic E-state index is -0.481. The zero-order valence-corrected chi connectivity index (χ0v) is 13.9. The third-order valence-corrected chi connectivity index (χ3v) is 4.97. The lowest BCUT2D eigenvalue weighted by Gasteiger charge is -2.39. The smallest absolute Gasteiger partial charge is 0.245 e. The summed E-state index contributed by atoms with van der Waals surface area (Å²) in [7, 11) is 0. The van der Waals surface area contributed by atoms with Gasteiger partial charge in [0.25, 0.3) is 0 Å². The first-order valence-corrected chi connectivity index (χ1v) is 8.56. The number of rotatable bonds is 5. The van der Waals surface area contributed by atoms with Gasteiger partial charge >= 0.3 is 0 Å². The molecule has 24 heavy (non-hydrogen) atoms. The van der Waals surface area contributed by atoms with Crippen LogP contribution in [-0.4, -0.2) is 52.3 Å². The van der Waals surface area contributed by atoms with E-state index < -0.39 is 5.79 Å². The SMILES string of the molecule is CC1([C@H]2CCCN(c3nnnn3CCc3ccco3)C2)OCCO1. The second kappa shape index (κ2) is 6.52. The van der Waals surface area contributed by atoms with E-state index in [0.29, 0.717) is 25.7 Å². The molecule has 4 heterocycles. The van der Waals surface area contributed by atoms with Gasteiger partial charge in [-0.25, -0.2) is 4.68 Å². The summed E-state index contributed by atoms with van der Waals surface area (Å²) in [6, 6.07) is 3.87. The molecule has 0 bridgehead atoms. The van der Waals surface area contributed by atoms with Crippen LogP contribution >= 0.6 is 0 Å². The third-order valence-electron chi connectivity index (χ3n) is 4.97. The second-order valence-electron chi connectivity index (χ2n) is 6.53. The number of ether oxygens (including phenoxy) is 2. The van der Waals surface area contributed by atoms with Crippen LogP contribution in [0.5, 0.6) is 0 Å². The molecule has 0 N–H and O–H groups in total. The van der Waals surface area contributed by atoms with Crippen LogP contribution in [0.4, 0.5) is 5.95 Å². The van der Waals surface area contributed by atoms with Crippen molar-refractivity contribution in [2.45, 2.75) is 38.5 Å². The van der Waals surface area contributed by atoms with Gasteiger partial charge in [-0.05, 0) is 42.3 Å². The van der Waals surface area contributed by atoms with E-state index in [9.17, 15) is 0 Å². The van der Waals surface area contributed by atoms with Gasteiger partial charge in [-0.15, -0.1) is 0 Å². The highest BCUT2D eigenvalue weighted by Crippen LogP contribution is 2.35. The molecule has 1 atom stereocenters. The normalized spacial score (nSPS) is 23.7. The summed E-state index contributed by atoms with van der Waals surface area (Å²) in [4.78, 5) is 2.24. The van der Waals surface area contributed by atoms with Gasteiger partial charge in [0.05, 0.1) is 26.0 Å². The predicted molar refractivity (Wildman–Crippen MR) is 85.5 cm³/mol. The molecule has 2 fully saturated rings. The predicted octanol–water partition coefficient (Wildman–Crippen LogP) is 1.49. The quantitative estimate of drug-likeness (QED) is 0.820. The Hall–Kier alpha value is -1.93. The molecule has 2 aromatic rings. The molecule has 2 saturated heterocycles. The second-order valence-corrected chi connectivity index (χ2v) is 6.53. The van der Waals surface area contributed by atoms with Crippen LogP contribution in [-0.2, 0) is 22.4 Å². The highest BCUT2D eigenvalue weighted by atomic mass is 16.7. The number of hydrogen-bond acceptors (Lipinski definition) is 7. The topological polar surface area (TPSA) is 78.4 Å². The van der Waals surface area contributed by atoms with E-state index in [2.05, 4.69) is 20.4 Å². The Morgan fingerprint density at radius 2 is 2.21 bits per heavy atom. The molecule has 0 aliphatic carbocycles. The van der Waals surface area contributed by atoms with Gasteiger partial charge < -0.3 is 18.8 Å². The van der Waals surface area contributed by atoms with Crippen molar-refractivity contribution in [3.63, 3.8) is 0 Å². The van der Waals surface area contributed by atoms with Gasteiger partial charge in [-0.1, -0.05) is 5.10 Å². The molecule has 8 heteroatoms. The summed E-state index contributed by atoms with van der Waals surface area (Å²) in [6.45, 7) is 5.89. The Balaban J connectivity index is 1.44. The maximum absolute atomic E-state index is 5.85. The van der Waals surface area contributed by atoms with Gasteiger partial charge in [0.2, 0.25) is 5.95 Å². The third kappa shape index (κ3) is 3.03. The molecule has 0 amide bonds. The molecule has 0 saturated carbocycles. The average Bonchev–Trinajstić information content (AvgIpc) is 3.35. The number of nitrogens with zero attached hydrogens (tertiary/aromatic N) is 5. The first-order valence-electron chi connectivity index (χ1n) is 8.56. The Labute approximate surface area is 140 Å². The lowest BCUT2D eigenvalue weighted by Crippen LogP contribution is -2.47. The monoisotopic (exact) mass is 333 g/mol. The van der Waals surface area contributed by atoms with Crippen molar-refractivity contribution in [1.29, 1.82) is 0 Å². The largest absolute Gasteiger partial charge is 0.469 e. The number of anilines is 1. The highest BCUT2D eigenvalue weighted by molar-refractivity contribution is 5.29. The van der Waals surface area contributed by atoms with E-state index in [1.807, 2.05) is 23.7 Å². The molecule has 0 aromatic carbocycles. The zero-order valence-electron chi connectivity index (χ0n) is 13.9. The van der Waals surface area contributed by atoms with Crippen LogP contribution in [0.25, 0.3) is 0 Å². The Kier molecular flexibility index (Phi) is 4.24. The molecule has 0 spiro atoms. The Morgan fingerprint density at radius 3 is 3.00 bits per heavy atom. The van der Waals surface area contributed by atoms with Crippen molar-refractivity contribution in [3.8, 4) is 0 Å². The number of furan rings is 1. The van der Waals surface area contributed by atoms with Crippen molar-refractivity contribution in [2.24, 2.45) is 5.92 Å². The number of aryl methyl sites for hydroxylation is 2. The minimum absolute atomic E-state index is 0.323. The average molecular weight is 333 g/mol. The van der Waals surface area contributed by atoms with Crippen LogP contribution in [0.2, 0.25) is 0 Å². The lowest BCUT2D eigenvalue weighted by molar-refractivity contribution is -0.182. The summed E-state index contributed by atoms with van der Waals surface area (Å²) in [5.41, 5.74) is 0. The fourth-order valence-corrected chi connectivity index (χ4v) is 3.59. The molecular formula is C16H23N5O3. The first-order chi connectivity index (χ1) is 11.7. The lowest BCUT2D eigenvalue weighted by atomic mass is 9.90. The molecule has 2 aliphatic heterocycles. The van der Waals surface area contributed by atoms with E-state index in [1.165, 1.54) is 0 Å². The summed E-state index contributed by atoms with van der Waals surface area (Å²) >= 11 is 0. The standard InChI is InChI=1S/C16H23N5O3/c1-16(23-10-11-24-16)13-4-2-7-20(12-13)15-17-18-19-21(15)8-6-14-5-3-9-22-14/h3,5,9,13H,2,4,6-8,10-12H2,1H3/t13-/m0/s1. The minimum Gasteiger partial charge on any atom is -0.469 e. The van der Waals surface area contributed by atoms with Crippen LogP contribution in [0.3, 0.4) is 0 Å². The van der Waals surface area contributed by atoms with Crippen molar-refractivity contribution < 1.29 is 13.9 Å². The molecule has 2 aromatic heterocycles. The van der Waals surface area contributed by atoms with Crippen LogP contribution in [0.1, 0.15) is 25.5 Å². The molecule has 2 aliphatic rings. The van der Waals surface area contributed by atoms with E-state index in [0.717, 1.165) is 44.1 Å². The van der Waals surface area contributed by atoms with Crippen LogP contribution in [0, 0.1) is 5.92 Å². The molecule has 130 valence electrons. The maximum atomic E-state index is 5.85. The van der Waals surface area contributed by atoms with Crippen molar-refractivity contribution in [1.82, 2.24) is 20.2 Å². The summed E-state index contributed by atoms with van der Waals surface area (Å²) < 4.78 is 18.9. The summed E-state index contributed by atoms with van der Waals surface area (Å²) in [5.74, 6) is 1.59. The maximum Gasteiger partial charge on any atom is 0.245 e. The van der Waals surface area contributed by atoms with Gasteiger partial charge in [0.15, 0.2) is 5.79 Å². The van der Waals surface area contributed by atoms with Gasteiger partial charge in [-0.2, -0.15) is 0 Å². The van der Waals surface area contributed by atoms with Crippen LogP contribution < -0.4 is 4.90 Å². The summed E-state index contributed by atoms with van der Waals surface area (Å²) in [6.07, 6.45) is 4.64. The molecule has 4 rings (SSSR count). The van der Waals surface area contributed by atoms with Crippen LogP contribution in [0.15, 0.2) is 22.8 Å². The fourth-order valence-electron chi connectivity index (χ4n) is 3.59. The van der Waals surface area contributed by atoms with Gasteiger partial charge in [-0.3, -0.25) is 0 Å². The summed E-state index contributed by atoms with van der Waals surface area (Å²) in [5, 5.41) is 12.2. The Bertz CT molecular complexity index is 650. The zero-order chi connectivity index (χ0) is 16.4. The van der Waals surface area contributed by atoms with Gasteiger partial charge in [0, 0.05) is 25.4 Å². The van der Waals surface area contributed by atoms with E-state index in [1.54, 1.807) is 6.26 Å².